The van der Waals surface area contributed by atoms with Gasteiger partial charge < -0.3 is 15.2 Å². The number of pyridine rings is 1. The summed E-state index contributed by atoms with van der Waals surface area (Å²) < 4.78 is 1.67. The summed E-state index contributed by atoms with van der Waals surface area (Å²) in [6.45, 7) is 4.37. The first kappa shape index (κ1) is 19.1. The zero-order valence-corrected chi connectivity index (χ0v) is 16.4. The minimum atomic E-state index is -0.377. The van der Waals surface area contributed by atoms with E-state index < -0.39 is 0 Å². The Balaban J connectivity index is 1.52. The van der Waals surface area contributed by atoms with E-state index in [4.69, 9.17) is 0 Å². The van der Waals surface area contributed by atoms with E-state index >= 15 is 0 Å². The van der Waals surface area contributed by atoms with Crippen LogP contribution in [0.4, 0.5) is 5.69 Å². The predicted octanol–water partition coefficient (Wildman–Crippen LogP) is 2.80. The maximum atomic E-state index is 13.0. The zero-order valence-electron chi connectivity index (χ0n) is 16.4. The molecule has 1 atom stereocenters. The molecule has 3 heterocycles. The van der Waals surface area contributed by atoms with Crippen molar-refractivity contribution in [2.45, 2.75) is 26.3 Å². The van der Waals surface area contributed by atoms with E-state index in [1.807, 2.05) is 36.4 Å². The lowest BCUT2D eigenvalue weighted by atomic mass is 9.99. The number of hydrogen-bond donors (Lipinski definition) is 3. The number of aromatic amines is 1. The Bertz CT molecular complexity index is 1030. The summed E-state index contributed by atoms with van der Waals surface area (Å²) in [5.41, 5.74) is 3.17. The highest BCUT2D eigenvalue weighted by atomic mass is 16.2. The van der Waals surface area contributed by atoms with Crippen molar-refractivity contribution in [3.63, 3.8) is 0 Å². The molecule has 1 fully saturated rings. The number of carbonyl (C=O) groups is 1. The van der Waals surface area contributed by atoms with Gasteiger partial charge in [0.25, 0.3) is 11.5 Å². The normalized spacial score (nSPS) is 16.5. The second kappa shape index (κ2) is 8.45. The summed E-state index contributed by atoms with van der Waals surface area (Å²) >= 11 is 0. The number of carbonyl (C=O) groups excluding carboxylic acids is 1. The molecule has 0 saturated carbocycles. The molecule has 150 valence electrons. The molecule has 1 amide bonds. The molecule has 0 aliphatic carbocycles. The molecule has 0 radical (unpaired) electrons. The highest BCUT2D eigenvalue weighted by molar-refractivity contribution is 6.05. The van der Waals surface area contributed by atoms with Crippen molar-refractivity contribution in [2.24, 2.45) is 5.92 Å². The number of nitrogens with zero attached hydrogens (tertiary/aromatic N) is 2. The van der Waals surface area contributed by atoms with Crippen molar-refractivity contribution < 1.29 is 4.79 Å². The van der Waals surface area contributed by atoms with E-state index in [1.54, 1.807) is 23.9 Å². The minimum Gasteiger partial charge on any atom is -0.322 e. The Morgan fingerprint density at radius 3 is 2.76 bits per heavy atom. The number of hydrogen-bond acceptors (Lipinski definition) is 4. The Morgan fingerprint density at radius 2 is 2.07 bits per heavy atom. The maximum absolute atomic E-state index is 13.0. The van der Waals surface area contributed by atoms with E-state index in [-0.39, 0.29) is 17.0 Å². The Hall–Kier alpha value is -3.19. The number of rotatable bonds is 5. The predicted molar refractivity (Wildman–Crippen MR) is 113 cm³/mol. The fourth-order valence-corrected chi connectivity index (χ4v) is 3.79. The molecule has 0 bridgehead atoms. The topological polar surface area (TPSA) is 91.8 Å². The van der Waals surface area contributed by atoms with Gasteiger partial charge in [0.2, 0.25) is 0 Å². The molecule has 3 aromatic rings. The summed E-state index contributed by atoms with van der Waals surface area (Å²) in [5.74, 6) is 0.0352. The van der Waals surface area contributed by atoms with E-state index in [2.05, 4.69) is 20.8 Å². The molecule has 7 heteroatoms. The quantitative estimate of drug-likeness (QED) is 0.624. The van der Waals surface area contributed by atoms with Crippen molar-refractivity contribution in [3.05, 3.63) is 70.3 Å². The number of aromatic nitrogens is 3. The van der Waals surface area contributed by atoms with Crippen molar-refractivity contribution in [2.75, 3.05) is 18.4 Å². The number of aryl methyl sites for hydroxylation is 1. The van der Waals surface area contributed by atoms with Crippen molar-refractivity contribution in [3.8, 4) is 11.3 Å². The summed E-state index contributed by atoms with van der Waals surface area (Å²) in [6, 6.07) is 11.2. The first-order chi connectivity index (χ1) is 14.1. The largest absolute Gasteiger partial charge is 0.322 e. The standard InChI is InChI=1S/C22H25N5O2/c1-15-9-12-27(14-16-3-2-10-23-13-16)22(29)20(15)21(28)25-18-6-4-17(5-7-18)19-8-11-24-26-19/h4-9,11-12,16,23H,2-3,10,13-14H2,1H3,(H,24,26)(H,25,28). The molecule has 2 aromatic heterocycles. The fourth-order valence-electron chi connectivity index (χ4n) is 3.79. The first-order valence-corrected chi connectivity index (χ1v) is 9.94. The summed E-state index contributed by atoms with van der Waals surface area (Å²) in [6.07, 6.45) is 5.70. The summed E-state index contributed by atoms with van der Waals surface area (Å²) in [5, 5.41) is 13.1. The lowest BCUT2D eigenvalue weighted by molar-refractivity contribution is 0.102. The number of amides is 1. The Labute approximate surface area is 169 Å². The molecular formula is C22H25N5O2. The van der Waals surface area contributed by atoms with Crippen LogP contribution in [0, 0.1) is 12.8 Å². The van der Waals surface area contributed by atoms with Crippen molar-refractivity contribution >= 4 is 11.6 Å². The summed E-state index contributed by atoms with van der Waals surface area (Å²) in [7, 11) is 0. The second-order valence-corrected chi connectivity index (χ2v) is 7.55. The van der Waals surface area contributed by atoms with Gasteiger partial charge in [-0.3, -0.25) is 14.7 Å². The minimum absolute atomic E-state index is 0.203. The SMILES string of the molecule is Cc1ccn(CC2CCCNC2)c(=O)c1C(=O)Nc1ccc(-c2ccn[nH]2)cc1. The van der Waals surface area contributed by atoms with Gasteiger partial charge in [-0.25, -0.2) is 0 Å². The van der Waals surface area contributed by atoms with E-state index in [1.165, 1.54) is 0 Å². The van der Waals surface area contributed by atoms with Gasteiger partial charge in [0.15, 0.2) is 0 Å². The van der Waals surface area contributed by atoms with Gasteiger partial charge in [0.1, 0.15) is 5.56 Å². The van der Waals surface area contributed by atoms with Crippen molar-refractivity contribution in [1.29, 1.82) is 0 Å². The van der Waals surface area contributed by atoms with Crippen LogP contribution in [-0.2, 0) is 6.54 Å². The molecule has 7 nitrogen and oxygen atoms in total. The number of anilines is 1. The van der Waals surface area contributed by atoms with Crippen LogP contribution in [-0.4, -0.2) is 33.8 Å². The average Bonchev–Trinajstić information content (AvgIpc) is 3.26. The van der Waals surface area contributed by atoms with Gasteiger partial charge >= 0.3 is 0 Å². The number of benzene rings is 1. The van der Waals surface area contributed by atoms with Gasteiger partial charge in [-0.15, -0.1) is 0 Å². The maximum Gasteiger partial charge on any atom is 0.263 e. The molecule has 1 aliphatic heterocycles. The Morgan fingerprint density at radius 1 is 1.24 bits per heavy atom. The third-order valence-electron chi connectivity index (χ3n) is 5.41. The molecule has 1 aromatic carbocycles. The number of piperidine rings is 1. The van der Waals surface area contributed by atoms with Crippen LogP contribution in [0.1, 0.15) is 28.8 Å². The molecule has 1 unspecified atom stereocenters. The first-order valence-electron chi connectivity index (χ1n) is 9.94. The molecule has 4 rings (SSSR count). The van der Waals surface area contributed by atoms with Crippen LogP contribution in [0.25, 0.3) is 11.3 Å². The average molecular weight is 391 g/mol. The van der Waals surface area contributed by atoms with Gasteiger partial charge in [-0.05, 0) is 74.2 Å². The van der Waals surface area contributed by atoms with Gasteiger partial charge in [-0.1, -0.05) is 12.1 Å². The van der Waals surface area contributed by atoms with Crippen LogP contribution in [0.2, 0.25) is 0 Å². The molecule has 1 saturated heterocycles. The lowest BCUT2D eigenvalue weighted by Crippen LogP contribution is -2.36. The van der Waals surface area contributed by atoms with Crippen LogP contribution in [0.5, 0.6) is 0 Å². The zero-order chi connectivity index (χ0) is 20.2. The van der Waals surface area contributed by atoms with Crippen molar-refractivity contribution in [1.82, 2.24) is 20.1 Å². The Kier molecular flexibility index (Phi) is 5.57. The molecular weight excluding hydrogens is 366 g/mol. The highest BCUT2D eigenvalue weighted by Gasteiger charge is 2.19. The molecule has 0 spiro atoms. The van der Waals surface area contributed by atoms with E-state index in [0.29, 0.717) is 23.7 Å². The third-order valence-corrected chi connectivity index (χ3v) is 5.41. The molecule has 3 N–H and O–H groups in total. The fraction of sp³-hybridized carbons (Fsp3) is 0.318. The van der Waals surface area contributed by atoms with Gasteiger partial charge in [0, 0.05) is 24.6 Å². The second-order valence-electron chi connectivity index (χ2n) is 7.55. The van der Waals surface area contributed by atoms with Gasteiger partial charge in [0.05, 0.1) is 5.69 Å². The highest BCUT2D eigenvalue weighted by Crippen LogP contribution is 2.19. The molecule has 29 heavy (non-hydrogen) atoms. The third kappa shape index (κ3) is 4.30. The smallest absolute Gasteiger partial charge is 0.263 e. The van der Waals surface area contributed by atoms with Crippen LogP contribution in [0.3, 0.4) is 0 Å². The number of nitrogens with one attached hydrogen (secondary N) is 3. The van der Waals surface area contributed by atoms with Crippen LogP contribution >= 0.6 is 0 Å². The lowest BCUT2D eigenvalue weighted by Gasteiger charge is -2.23. The number of H-pyrrole nitrogens is 1. The van der Waals surface area contributed by atoms with Crippen LogP contribution < -0.4 is 16.2 Å². The van der Waals surface area contributed by atoms with E-state index in [0.717, 1.165) is 37.2 Å². The monoisotopic (exact) mass is 391 g/mol. The molecule has 1 aliphatic rings. The summed E-state index contributed by atoms with van der Waals surface area (Å²) in [4.78, 5) is 25.8. The van der Waals surface area contributed by atoms with Crippen LogP contribution in [0.15, 0.2) is 53.6 Å². The van der Waals surface area contributed by atoms with Gasteiger partial charge in [-0.2, -0.15) is 5.10 Å². The van der Waals surface area contributed by atoms with E-state index in [9.17, 15) is 9.59 Å².